The highest BCUT2D eigenvalue weighted by molar-refractivity contribution is 5.75. The quantitative estimate of drug-likeness (QED) is 0.831. The van der Waals surface area contributed by atoms with Crippen LogP contribution in [0.25, 0.3) is 0 Å². The summed E-state index contributed by atoms with van der Waals surface area (Å²) in [4.78, 5) is 11.7. The van der Waals surface area contributed by atoms with Gasteiger partial charge in [0.15, 0.2) is 6.10 Å². The first kappa shape index (κ1) is 17.0. The number of carbonyl (C=O) groups is 1. The van der Waals surface area contributed by atoms with Gasteiger partial charge in [-0.25, -0.2) is 4.39 Å². The van der Waals surface area contributed by atoms with Gasteiger partial charge in [0, 0.05) is 0 Å². The Morgan fingerprint density at radius 2 is 1.65 bits per heavy atom. The smallest absolute Gasteiger partial charge is 0.323 e. The predicted octanol–water partition coefficient (Wildman–Crippen LogP) is 3.22. The summed E-state index contributed by atoms with van der Waals surface area (Å²) in [6.45, 7) is 3.30. The van der Waals surface area contributed by atoms with Crippen molar-refractivity contribution in [2.75, 3.05) is 0 Å². The number of benzene rings is 2. The van der Waals surface area contributed by atoms with Crippen LogP contribution in [0.5, 0.6) is 5.75 Å². The second-order valence-electron chi connectivity index (χ2n) is 5.33. The first-order valence-electron chi connectivity index (χ1n) is 7.40. The van der Waals surface area contributed by atoms with E-state index in [0.717, 1.165) is 5.56 Å². The van der Waals surface area contributed by atoms with Gasteiger partial charge in [-0.05, 0) is 43.7 Å². The van der Waals surface area contributed by atoms with Crippen molar-refractivity contribution < 1.29 is 18.7 Å². The highest BCUT2D eigenvalue weighted by Crippen LogP contribution is 2.27. The summed E-state index contributed by atoms with van der Waals surface area (Å²) in [5.74, 6) is -0.352. The first-order chi connectivity index (χ1) is 11.0. The van der Waals surface area contributed by atoms with E-state index in [1.807, 2.05) is 30.3 Å². The van der Waals surface area contributed by atoms with Gasteiger partial charge in [0.25, 0.3) is 0 Å². The van der Waals surface area contributed by atoms with Crippen molar-refractivity contribution in [3.63, 3.8) is 0 Å². The third-order valence-electron chi connectivity index (χ3n) is 3.30. The van der Waals surface area contributed by atoms with Crippen LogP contribution in [0.3, 0.4) is 0 Å². The molecule has 3 atom stereocenters. The second kappa shape index (κ2) is 7.74. The maximum atomic E-state index is 13.0. The average molecular weight is 317 g/mol. The lowest BCUT2D eigenvalue weighted by Gasteiger charge is -2.26. The van der Waals surface area contributed by atoms with E-state index in [0.29, 0.717) is 5.75 Å². The Bertz CT molecular complexity index is 628. The van der Waals surface area contributed by atoms with Gasteiger partial charge in [-0.15, -0.1) is 0 Å². The zero-order chi connectivity index (χ0) is 16.8. The van der Waals surface area contributed by atoms with Gasteiger partial charge < -0.3 is 15.2 Å². The zero-order valence-corrected chi connectivity index (χ0v) is 13.1. The van der Waals surface area contributed by atoms with E-state index < -0.39 is 24.2 Å². The van der Waals surface area contributed by atoms with Crippen LogP contribution >= 0.6 is 0 Å². The monoisotopic (exact) mass is 317 g/mol. The number of nitrogens with two attached hydrogens (primary N) is 1. The van der Waals surface area contributed by atoms with E-state index in [4.69, 9.17) is 15.2 Å². The Labute approximate surface area is 135 Å². The largest absolute Gasteiger partial charge is 0.482 e. The molecule has 122 valence electrons. The van der Waals surface area contributed by atoms with Crippen LogP contribution in [-0.4, -0.2) is 18.1 Å². The Kier molecular flexibility index (Phi) is 5.71. The zero-order valence-electron chi connectivity index (χ0n) is 13.1. The van der Waals surface area contributed by atoms with Crippen LogP contribution < -0.4 is 10.5 Å². The fourth-order valence-electron chi connectivity index (χ4n) is 2.09. The molecule has 0 heterocycles. The molecule has 1 unspecified atom stereocenters. The first-order valence-corrected chi connectivity index (χ1v) is 7.40. The highest BCUT2D eigenvalue weighted by Gasteiger charge is 2.26. The molecule has 0 aromatic heterocycles. The standard InChI is InChI=1S/C18H20FNO3/c1-12(20)18(21)22-13(2)17(14-6-4-3-5-7-14)23-16-10-8-15(19)9-11-16/h3-13,17H,20H2,1-2H3/t12-,13-,17?/m0/s1. The van der Waals surface area contributed by atoms with Crippen molar-refractivity contribution in [3.8, 4) is 5.75 Å². The van der Waals surface area contributed by atoms with Crippen LogP contribution in [0.15, 0.2) is 54.6 Å². The van der Waals surface area contributed by atoms with Gasteiger partial charge in [0.1, 0.15) is 23.7 Å². The van der Waals surface area contributed by atoms with Crippen molar-refractivity contribution in [2.24, 2.45) is 5.73 Å². The van der Waals surface area contributed by atoms with Crippen LogP contribution in [0.2, 0.25) is 0 Å². The molecule has 0 saturated carbocycles. The Hall–Kier alpha value is -2.40. The summed E-state index contributed by atoms with van der Waals surface area (Å²) in [7, 11) is 0. The molecule has 0 radical (unpaired) electrons. The average Bonchev–Trinajstić information content (AvgIpc) is 2.54. The summed E-state index contributed by atoms with van der Waals surface area (Å²) in [6.07, 6.45) is -1.08. The fraction of sp³-hybridized carbons (Fsp3) is 0.278. The lowest BCUT2D eigenvalue weighted by atomic mass is 10.0. The molecule has 0 aliphatic heterocycles. The molecule has 0 bridgehead atoms. The van der Waals surface area contributed by atoms with Crippen molar-refractivity contribution in [1.29, 1.82) is 0 Å². The van der Waals surface area contributed by atoms with Crippen molar-refractivity contribution in [2.45, 2.75) is 32.1 Å². The van der Waals surface area contributed by atoms with E-state index in [1.54, 1.807) is 13.8 Å². The number of hydrogen-bond acceptors (Lipinski definition) is 4. The van der Waals surface area contributed by atoms with Crippen LogP contribution in [0.4, 0.5) is 4.39 Å². The number of carbonyl (C=O) groups excluding carboxylic acids is 1. The second-order valence-corrected chi connectivity index (χ2v) is 5.33. The Morgan fingerprint density at radius 3 is 2.22 bits per heavy atom. The molecular formula is C18H20FNO3. The van der Waals surface area contributed by atoms with Gasteiger partial charge in [-0.2, -0.15) is 0 Å². The van der Waals surface area contributed by atoms with Gasteiger partial charge in [-0.3, -0.25) is 4.79 Å². The predicted molar refractivity (Wildman–Crippen MR) is 85.4 cm³/mol. The molecule has 23 heavy (non-hydrogen) atoms. The number of halogens is 1. The summed E-state index contributed by atoms with van der Waals surface area (Å²) in [6, 6.07) is 14.4. The SMILES string of the molecule is C[C@H](N)C(=O)O[C@@H](C)C(Oc1ccc(F)cc1)c1ccccc1. The minimum absolute atomic E-state index is 0.343. The van der Waals surface area contributed by atoms with Crippen molar-refractivity contribution in [3.05, 3.63) is 66.0 Å². The van der Waals surface area contributed by atoms with E-state index in [-0.39, 0.29) is 5.82 Å². The molecular weight excluding hydrogens is 297 g/mol. The molecule has 4 nitrogen and oxygen atoms in total. The Balaban J connectivity index is 2.21. The molecule has 2 aromatic rings. The third-order valence-corrected chi connectivity index (χ3v) is 3.30. The molecule has 0 aliphatic rings. The maximum absolute atomic E-state index is 13.0. The van der Waals surface area contributed by atoms with Gasteiger partial charge in [-0.1, -0.05) is 30.3 Å². The molecule has 0 saturated heterocycles. The van der Waals surface area contributed by atoms with E-state index in [2.05, 4.69) is 0 Å². The Morgan fingerprint density at radius 1 is 1.04 bits per heavy atom. The van der Waals surface area contributed by atoms with E-state index in [1.165, 1.54) is 24.3 Å². The number of hydrogen-bond donors (Lipinski definition) is 1. The molecule has 0 spiro atoms. The normalized spacial score (nSPS) is 14.6. The molecule has 5 heteroatoms. The lowest BCUT2D eigenvalue weighted by molar-refractivity contribution is -0.154. The minimum atomic E-state index is -0.709. The van der Waals surface area contributed by atoms with E-state index >= 15 is 0 Å². The summed E-state index contributed by atoms with van der Waals surface area (Å²) < 4.78 is 24.3. The highest BCUT2D eigenvalue weighted by atomic mass is 19.1. The minimum Gasteiger partial charge on any atom is -0.482 e. The lowest BCUT2D eigenvalue weighted by Crippen LogP contribution is -2.34. The van der Waals surface area contributed by atoms with Gasteiger partial charge >= 0.3 is 5.97 Å². The van der Waals surface area contributed by atoms with Gasteiger partial charge in [0.2, 0.25) is 0 Å². The molecule has 2 aromatic carbocycles. The fourth-order valence-corrected chi connectivity index (χ4v) is 2.09. The van der Waals surface area contributed by atoms with Crippen LogP contribution in [0.1, 0.15) is 25.5 Å². The summed E-state index contributed by atoms with van der Waals surface area (Å²) >= 11 is 0. The van der Waals surface area contributed by atoms with Crippen molar-refractivity contribution in [1.82, 2.24) is 0 Å². The summed E-state index contributed by atoms with van der Waals surface area (Å²) in [5.41, 5.74) is 6.38. The topological polar surface area (TPSA) is 61.6 Å². The molecule has 0 fully saturated rings. The molecule has 0 aliphatic carbocycles. The van der Waals surface area contributed by atoms with Crippen LogP contribution in [0, 0.1) is 5.82 Å². The van der Waals surface area contributed by atoms with E-state index in [9.17, 15) is 9.18 Å². The van der Waals surface area contributed by atoms with Crippen LogP contribution in [-0.2, 0) is 9.53 Å². The summed E-state index contributed by atoms with van der Waals surface area (Å²) in [5, 5.41) is 0. The molecule has 0 amide bonds. The molecule has 2 rings (SSSR count). The number of rotatable bonds is 6. The third kappa shape index (κ3) is 4.79. The maximum Gasteiger partial charge on any atom is 0.323 e. The number of esters is 1. The van der Waals surface area contributed by atoms with Crippen molar-refractivity contribution >= 4 is 5.97 Å². The number of ether oxygens (including phenoxy) is 2. The van der Waals surface area contributed by atoms with Gasteiger partial charge in [0.05, 0.1) is 0 Å². The molecule has 2 N–H and O–H groups in total.